The summed E-state index contributed by atoms with van der Waals surface area (Å²) in [6, 6.07) is 17.7. The Hall–Kier alpha value is -2.00. The molecule has 0 radical (unpaired) electrons. The van der Waals surface area contributed by atoms with Crippen LogP contribution in [0.5, 0.6) is 11.5 Å². The molecule has 6 rings (SSSR count). The number of methoxy groups -OCH3 is 2. The maximum atomic E-state index is 7.59. The molecule has 2 atom stereocenters. The van der Waals surface area contributed by atoms with Crippen LogP contribution < -0.4 is 9.47 Å². The van der Waals surface area contributed by atoms with E-state index in [1.165, 1.54) is 127 Å². The molecular weight excluding hydrogens is 576 g/mol. The lowest BCUT2D eigenvalue weighted by Gasteiger charge is -2.43. The van der Waals surface area contributed by atoms with Gasteiger partial charge in [0.2, 0.25) is 0 Å². The number of hydrogen-bond acceptors (Lipinski definition) is 3. The standard InChI is InChI=1S/C44H66O3/c1-5-31-7-11-33(12-8-31)35-15-19-37(20-16-35)43(39-23-27-41(45-3)28-24-39)47-44(40-25-29-42(46-4)30-26-40)38-21-17-36(18-22-38)34-13-9-32(6-2)10-14-34/h23-38,43-44H,5-22H2,1-4H3/t31-,32-,33-,34-,35-,36-,37-,38-,43?,44?. The van der Waals surface area contributed by atoms with Crippen molar-refractivity contribution in [3.63, 3.8) is 0 Å². The first-order valence-corrected chi connectivity index (χ1v) is 20.0. The molecule has 0 N–H and O–H groups in total. The second-order valence-electron chi connectivity index (χ2n) is 16.3. The van der Waals surface area contributed by atoms with Gasteiger partial charge in [0.25, 0.3) is 0 Å². The van der Waals surface area contributed by atoms with Gasteiger partial charge in [-0.05, 0) is 160 Å². The van der Waals surface area contributed by atoms with E-state index in [4.69, 9.17) is 14.2 Å². The Kier molecular flexibility index (Phi) is 12.7. The molecule has 2 aromatic carbocycles. The van der Waals surface area contributed by atoms with E-state index in [9.17, 15) is 0 Å². The highest BCUT2D eigenvalue weighted by molar-refractivity contribution is 5.31. The molecule has 4 fully saturated rings. The first kappa shape index (κ1) is 34.8. The van der Waals surface area contributed by atoms with E-state index in [2.05, 4.69) is 62.4 Å². The molecule has 260 valence electrons. The van der Waals surface area contributed by atoms with Crippen molar-refractivity contribution in [2.75, 3.05) is 14.2 Å². The summed E-state index contributed by atoms with van der Waals surface area (Å²) in [5, 5.41) is 0. The lowest BCUT2D eigenvalue weighted by molar-refractivity contribution is -0.0934. The topological polar surface area (TPSA) is 27.7 Å². The fourth-order valence-electron chi connectivity index (χ4n) is 10.6. The minimum Gasteiger partial charge on any atom is -0.497 e. The SMILES string of the molecule is CC[C@H]1CC[C@H]([C@H]2CC[C@H](C(OC(c3ccc(OC)cc3)[C@H]3CC[C@H]([C@H]4CC[C@H](CC)CC4)CC3)c3ccc(OC)cc3)CC2)CC1. The van der Waals surface area contributed by atoms with Crippen LogP contribution in [0.25, 0.3) is 0 Å². The minimum absolute atomic E-state index is 0.117. The molecule has 2 unspecified atom stereocenters. The first-order chi connectivity index (χ1) is 23.1. The van der Waals surface area contributed by atoms with Crippen LogP contribution in [-0.4, -0.2) is 14.2 Å². The molecule has 0 saturated heterocycles. The number of rotatable bonds is 12. The van der Waals surface area contributed by atoms with Gasteiger partial charge < -0.3 is 14.2 Å². The van der Waals surface area contributed by atoms with E-state index in [-0.39, 0.29) is 12.2 Å². The molecule has 3 heteroatoms. The molecule has 0 spiro atoms. The first-order valence-electron chi connectivity index (χ1n) is 20.0. The Morgan fingerprint density at radius 1 is 0.447 bits per heavy atom. The van der Waals surface area contributed by atoms with Gasteiger partial charge >= 0.3 is 0 Å². The third-order valence-electron chi connectivity index (χ3n) is 13.9. The second-order valence-corrected chi connectivity index (χ2v) is 16.3. The van der Waals surface area contributed by atoms with Crippen molar-refractivity contribution in [1.29, 1.82) is 0 Å². The lowest BCUT2D eigenvalue weighted by Crippen LogP contribution is -2.31. The highest BCUT2D eigenvalue weighted by Gasteiger charge is 2.39. The maximum Gasteiger partial charge on any atom is 0.118 e. The van der Waals surface area contributed by atoms with Crippen molar-refractivity contribution in [3.8, 4) is 11.5 Å². The fourth-order valence-corrected chi connectivity index (χ4v) is 10.6. The average Bonchev–Trinajstić information content (AvgIpc) is 3.16. The quantitative estimate of drug-likeness (QED) is 0.231. The summed E-state index contributed by atoms with van der Waals surface area (Å²) >= 11 is 0. The zero-order valence-corrected chi connectivity index (χ0v) is 30.3. The second kappa shape index (κ2) is 17.1. The van der Waals surface area contributed by atoms with Gasteiger partial charge in [0.15, 0.2) is 0 Å². The molecule has 0 bridgehead atoms. The van der Waals surface area contributed by atoms with Gasteiger partial charge in [-0.25, -0.2) is 0 Å². The average molecular weight is 643 g/mol. The summed E-state index contributed by atoms with van der Waals surface area (Å²) in [7, 11) is 3.54. The summed E-state index contributed by atoms with van der Waals surface area (Å²) in [5.41, 5.74) is 2.66. The van der Waals surface area contributed by atoms with Crippen LogP contribution in [0.2, 0.25) is 0 Å². The maximum absolute atomic E-state index is 7.59. The van der Waals surface area contributed by atoms with Crippen molar-refractivity contribution >= 4 is 0 Å². The molecule has 4 aliphatic rings. The molecule has 0 amide bonds. The lowest BCUT2D eigenvalue weighted by atomic mass is 9.67. The monoisotopic (exact) mass is 643 g/mol. The predicted molar refractivity (Wildman–Crippen MR) is 195 cm³/mol. The van der Waals surface area contributed by atoms with E-state index in [0.717, 1.165) is 47.0 Å². The van der Waals surface area contributed by atoms with Crippen LogP contribution in [0, 0.1) is 47.3 Å². The van der Waals surface area contributed by atoms with Crippen LogP contribution in [0.15, 0.2) is 48.5 Å². The predicted octanol–water partition coefficient (Wildman–Crippen LogP) is 12.5. The van der Waals surface area contributed by atoms with Crippen molar-refractivity contribution in [1.82, 2.24) is 0 Å². The van der Waals surface area contributed by atoms with Crippen molar-refractivity contribution < 1.29 is 14.2 Å². The number of ether oxygens (including phenoxy) is 3. The zero-order chi connectivity index (χ0) is 32.6. The minimum atomic E-state index is 0.117. The summed E-state index contributed by atoms with van der Waals surface area (Å²) in [6.45, 7) is 4.77. The molecular formula is C44H66O3. The summed E-state index contributed by atoms with van der Waals surface area (Å²) in [6.07, 6.45) is 25.4. The van der Waals surface area contributed by atoms with Crippen LogP contribution in [-0.2, 0) is 4.74 Å². The molecule has 0 aliphatic heterocycles. The van der Waals surface area contributed by atoms with Gasteiger partial charge in [0.1, 0.15) is 11.5 Å². The smallest absolute Gasteiger partial charge is 0.118 e. The van der Waals surface area contributed by atoms with Crippen LogP contribution >= 0.6 is 0 Å². The highest BCUT2D eigenvalue weighted by Crippen LogP contribution is 2.50. The Balaban J connectivity index is 1.18. The van der Waals surface area contributed by atoms with Crippen molar-refractivity contribution in [2.24, 2.45) is 47.3 Å². The van der Waals surface area contributed by atoms with E-state index in [0.29, 0.717) is 11.8 Å². The Morgan fingerprint density at radius 2 is 0.745 bits per heavy atom. The van der Waals surface area contributed by atoms with Crippen molar-refractivity contribution in [3.05, 3.63) is 59.7 Å². The van der Waals surface area contributed by atoms with E-state index in [1.54, 1.807) is 14.2 Å². The molecule has 0 heterocycles. The molecule has 4 aliphatic carbocycles. The highest BCUT2D eigenvalue weighted by atomic mass is 16.5. The molecule has 0 aromatic heterocycles. The Labute approximate surface area is 287 Å². The molecule has 3 nitrogen and oxygen atoms in total. The zero-order valence-electron chi connectivity index (χ0n) is 30.3. The largest absolute Gasteiger partial charge is 0.497 e. The van der Waals surface area contributed by atoms with E-state index >= 15 is 0 Å². The fraction of sp³-hybridized carbons (Fsp3) is 0.727. The van der Waals surface area contributed by atoms with Gasteiger partial charge in [-0.1, -0.05) is 76.6 Å². The molecule has 4 saturated carbocycles. The summed E-state index contributed by atoms with van der Waals surface area (Å²) in [5.74, 6) is 8.70. The van der Waals surface area contributed by atoms with Crippen molar-refractivity contribution in [2.45, 2.75) is 142 Å². The molecule has 47 heavy (non-hydrogen) atoms. The van der Waals surface area contributed by atoms with E-state index in [1.807, 2.05) is 0 Å². The number of benzene rings is 2. The number of hydrogen-bond donors (Lipinski definition) is 0. The van der Waals surface area contributed by atoms with Gasteiger partial charge in [-0.3, -0.25) is 0 Å². The Morgan fingerprint density at radius 3 is 1.02 bits per heavy atom. The van der Waals surface area contributed by atoms with Gasteiger partial charge in [-0.2, -0.15) is 0 Å². The van der Waals surface area contributed by atoms with Crippen LogP contribution in [0.3, 0.4) is 0 Å². The molecule has 2 aromatic rings. The van der Waals surface area contributed by atoms with Gasteiger partial charge in [0.05, 0.1) is 26.4 Å². The third-order valence-corrected chi connectivity index (χ3v) is 13.9. The Bertz CT molecular complexity index is 1060. The normalized spacial score (nSPS) is 33.1. The van der Waals surface area contributed by atoms with Crippen LogP contribution in [0.1, 0.15) is 153 Å². The van der Waals surface area contributed by atoms with E-state index < -0.39 is 0 Å². The van der Waals surface area contributed by atoms with Gasteiger partial charge in [0, 0.05) is 0 Å². The summed E-state index contributed by atoms with van der Waals surface area (Å²) in [4.78, 5) is 0. The van der Waals surface area contributed by atoms with Gasteiger partial charge in [-0.15, -0.1) is 0 Å². The summed E-state index contributed by atoms with van der Waals surface area (Å²) < 4.78 is 18.7. The van der Waals surface area contributed by atoms with Crippen LogP contribution in [0.4, 0.5) is 0 Å². The third kappa shape index (κ3) is 8.78.